The summed E-state index contributed by atoms with van der Waals surface area (Å²) in [4.78, 5) is 14.0. The Morgan fingerprint density at radius 1 is 1.27 bits per heavy atom. The molecular weight excluding hydrogens is 276 g/mol. The van der Waals surface area contributed by atoms with E-state index in [0.29, 0.717) is 24.7 Å². The maximum absolute atomic E-state index is 12.0. The van der Waals surface area contributed by atoms with Gasteiger partial charge in [-0.3, -0.25) is 4.79 Å². The second kappa shape index (κ2) is 7.63. The molecule has 0 radical (unpaired) electrons. The molecule has 0 saturated carbocycles. The number of hydrogen-bond acceptors (Lipinski definition) is 4. The zero-order chi connectivity index (χ0) is 16.1. The highest BCUT2D eigenvalue weighted by molar-refractivity contribution is 5.80. The summed E-state index contributed by atoms with van der Waals surface area (Å²) in [6.07, 6.45) is 4.99. The Labute approximate surface area is 133 Å². The van der Waals surface area contributed by atoms with E-state index in [2.05, 4.69) is 17.4 Å². The van der Waals surface area contributed by atoms with Gasteiger partial charge in [-0.1, -0.05) is 0 Å². The van der Waals surface area contributed by atoms with E-state index in [1.54, 1.807) is 7.11 Å². The first-order chi connectivity index (χ1) is 10.5. The topological polar surface area (TPSA) is 41.6 Å². The molecule has 1 N–H and O–H groups in total. The van der Waals surface area contributed by atoms with Crippen molar-refractivity contribution in [1.29, 1.82) is 0 Å². The van der Waals surface area contributed by atoms with Gasteiger partial charge in [-0.05, 0) is 69.0 Å². The van der Waals surface area contributed by atoms with Gasteiger partial charge >= 0.3 is 0 Å². The van der Waals surface area contributed by atoms with Gasteiger partial charge in [0.15, 0.2) is 0 Å². The van der Waals surface area contributed by atoms with Gasteiger partial charge in [-0.25, -0.2) is 0 Å². The summed E-state index contributed by atoms with van der Waals surface area (Å²) in [5.74, 6) is 1.77. The van der Waals surface area contributed by atoms with E-state index in [4.69, 9.17) is 4.74 Å². The maximum Gasteiger partial charge on any atom is 0.147 e. The summed E-state index contributed by atoms with van der Waals surface area (Å²) in [6.45, 7) is 0.557. The molecule has 1 atom stereocenters. The quantitative estimate of drug-likeness (QED) is 0.821. The molecule has 0 aromatic heterocycles. The molecule has 122 valence electrons. The average molecular weight is 304 g/mol. The summed E-state index contributed by atoms with van der Waals surface area (Å²) < 4.78 is 5.46. The number of nitrogens with zero attached hydrogens (tertiary/aromatic N) is 1. The number of methoxy groups -OCH3 is 1. The van der Waals surface area contributed by atoms with Crippen LogP contribution in [0.2, 0.25) is 0 Å². The minimum absolute atomic E-state index is 0.356. The molecule has 0 bridgehead atoms. The molecule has 0 spiro atoms. The van der Waals surface area contributed by atoms with Crippen LogP contribution in [0, 0.1) is 5.92 Å². The molecule has 1 aliphatic carbocycles. The third-order valence-electron chi connectivity index (χ3n) is 4.44. The largest absolute Gasteiger partial charge is 0.495 e. The minimum Gasteiger partial charge on any atom is -0.495 e. The highest BCUT2D eigenvalue weighted by atomic mass is 16.5. The number of carbonyl (C=O) groups is 1. The summed E-state index contributed by atoms with van der Waals surface area (Å²) in [5, 5.41) is 3.20. The first-order valence-corrected chi connectivity index (χ1v) is 8.07. The van der Waals surface area contributed by atoms with Crippen molar-refractivity contribution in [3.05, 3.63) is 23.3 Å². The number of aryl methyl sites for hydroxylation is 2. The highest BCUT2D eigenvalue weighted by Gasteiger charge is 2.20. The predicted octanol–water partition coefficient (Wildman–Crippen LogP) is 2.75. The smallest absolute Gasteiger partial charge is 0.147 e. The molecule has 1 aromatic rings. The Morgan fingerprint density at radius 2 is 1.91 bits per heavy atom. The predicted molar refractivity (Wildman–Crippen MR) is 90.9 cm³/mol. The van der Waals surface area contributed by atoms with E-state index < -0.39 is 0 Å². The van der Waals surface area contributed by atoms with Gasteiger partial charge in [-0.2, -0.15) is 0 Å². The van der Waals surface area contributed by atoms with Crippen LogP contribution in [0.4, 0.5) is 5.69 Å². The molecular formula is C18H28N2O2. The second-order valence-corrected chi connectivity index (χ2v) is 6.50. The molecule has 1 aromatic carbocycles. The lowest BCUT2D eigenvalue weighted by molar-refractivity contribution is -0.120. The van der Waals surface area contributed by atoms with Crippen molar-refractivity contribution in [3.63, 3.8) is 0 Å². The third-order valence-corrected chi connectivity index (χ3v) is 4.44. The molecule has 22 heavy (non-hydrogen) atoms. The molecule has 1 unspecified atom stereocenters. The molecule has 2 rings (SSSR count). The normalized spacial score (nSPS) is 17.8. The number of nitrogens with one attached hydrogen (secondary N) is 1. The zero-order valence-electron chi connectivity index (χ0n) is 14.2. The third kappa shape index (κ3) is 4.23. The van der Waals surface area contributed by atoms with E-state index in [9.17, 15) is 4.79 Å². The summed E-state index contributed by atoms with van der Waals surface area (Å²) in [6, 6.07) is 4.36. The number of Topliss-reactive ketones (excluding diaryl/α,β-unsaturated/α-hetero) is 1. The van der Waals surface area contributed by atoms with Gasteiger partial charge in [0.05, 0.1) is 19.3 Å². The van der Waals surface area contributed by atoms with Crippen molar-refractivity contribution < 1.29 is 9.53 Å². The molecule has 0 saturated heterocycles. The number of fused-ring (bicyclic) bond motifs is 1. The lowest BCUT2D eigenvalue weighted by Gasteiger charge is -2.14. The molecule has 4 heteroatoms. The van der Waals surface area contributed by atoms with Crippen LogP contribution in [0.1, 0.15) is 30.4 Å². The zero-order valence-corrected chi connectivity index (χ0v) is 14.2. The Kier molecular flexibility index (Phi) is 5.83. The van der Waals surface area contributed by atoms with Crippen molar-refractivity contribution in [2.24, 2.45) is 5.92 Å². The van der Waals surface area contributed by atoms with Crippen LogP contribution in [0.3, 0.4) is 0 Å². The number of ether oxygens (including phenoxy) is 1. The monoisotopic (exact) mass is 304 g/mol. The van der Waals surface area contributed by atoms with E-state index in [-0.39, 0.29) is 0 Å². The number of benzene rings is 1. The van der Waals surface area contributed by atoms with Gasteiger partial charge in [0.2, 0.25) is 0 Å². The summed E-state index contributed by atoms with van der Waals surface area (Å²) >= 11 is 0. The number of anilines is 1. The molecule has 4 nitrogen and oxygen atoms in total. The average Bonchev–Trinajstić information content (AvgIpc) is 2.67. The van der Waals surface area contributed by atoms with E-state index in [1.807, 2.05) is 26.0 Å². The Bertz CT molecular complexity index is 491. The van der Waals surface area contributed by atoms with Crippen LogP contribution in [-0.2, 0) is 17.6 Å². The van der Waals surface area contributed by atoms with Crippen molar-refractivity contribution >= 4 is 11.5 Å². The second-order valence-electron chi connectivity index (χ2n) is 6.50. The number of carbonyl (C=O) groups excluding carboxylic acids is 1. The highest BCUT2D eigenvalue weighted by Crippen LogP contribution is 2.33. The SMILES string of the molecule is CNc1cc2c(cc1OC)CCC(CC(=O)CN(C)C)CC2. The first kappa shape index (κ1) is 16.8. The fourth-order valence-corrected chi connectivity index (χ4v) is 3.30. The fourth-order valence-electron chi connectivity index (χ4n) is 3.30. The van der Waals surface area contributed by atoms with Crippen LogP contribution in [0.25, 0.3) is 0 Å². The lowest BCUT2D eigenvalue weighted by Crippen LogP contribution is -2.23. The van der Waals surface area contributed by atoms with E-state index in [1.165, 1.54) is 11.1 Å². The Balaban J connectivity index is 2.05. The van der Waals surface area contributed by atoms with Gasteiger partial charge in [-0.15, -0.1) is 0 Å². The molecule has 0 aliphatic heterocycles. The number of rotatable bonds is 6. The Morgan fingerprint density at radius 3 is 2.45 bits per heavy atom. The number of hydrogen-bond donors (Lipinski definition) is 1. The molecule has 0 fully saturated rings. The number of ketones is 1. The minimum atomic E-state index is 0.356. The summed E-state index contributed by atoms with van der Waals surface area (Å²) in [7, 11) is 7.53. The van der Waals surface area contributed by atoms with Crippen LogP contribution < -0.4 is 10.1 Å². The molecule has 0 heterocycles. The van der Waals surface area contributed by atoms with Crippen LogP contribution in [0.15, 0.2) is 12.1 Å². The van der Waals surface area contributed by atoms with Crippen molar-refractivity contribution in [2.75, 3.05) is 40.1 Å². The summed E-state index contributed by atoms with van der Waals surface area (Å²) in [5.41, 5.74) is 3.81. The van der Waals surface area contributed by atoms with Crippen LogP contribution in [-0.4, -0.2) is 45.5 Å². The van der Waals surface area contributed by atoms with Gasteiger partial charge in [0.25, 0.3) is 0 Å². The van der Waals surface area contributed by atoms with E-state index in [0.717, 1.165) is 37.1 Å². The van der Waals surface area contributed by atoms with Crippen LogP contribution >= 0.6 is 0 Å². The van der Waals surface area contributed by atoms with Crippen molar-refractivity contribution in [1.82, 2.24) is 4.90 Å². The molecule has 1 aliphatic rings. The molecule has 0 amide bonds. The van der Waals surface area contributed by atoms with Gasteiger partial charge < -0.3 is 15.0 Å². The van der Waals surface area contributed by atoms with E-state index >= 15 is 0 Å². The van der Waals surface area contributed by atoms with Gasteiger partial charge in [0.1, 0.15) is 11.5 Å². The standard InChI is InChI=1S/C18H28N2O2/c1-19-17-10-14-7-5-13(9-16(21)12-20(2)3)6-8-15(14)11-18(17)22-4/h10-11,13,19H,5-9,12H2,1-4H3. The lowest BCUT2D eigenvalue weighted by atomic mass is 9.94. The van der Waals surface area contributed by atoms with Gasteiger partial charge in [0, 0.05) is 13.5 Å². The van der Waals surface area contributed by atoms with Crippen molar-refractivity contribution in [3.8, 4) is 5.75 Å². The van der Waals surface area contributed by atoms with Crippen molar-refractivity contribution in [2.45, 2.75) is 32.1 Å². The maximum atomic E-state index is 12.0. The Hall–Kier alpha value is -1.55. The van der Waals surface area contributed by atoms with Crippen LogP contribution in [0.5, 0.6) is 5.75 Å². The first-order valence-electron chi connectivity index (χ1n) is 8.07. The number of likely N-dealkylation sites (N-methyl/N-ethyl adjacent to an activating group) is 1. The fraction of sp³-hybridized carbons (Fsp3) is 0.611.